The summed E-state index contributed by atoms with van der Waals surface area (Å²) in [5, 5.41) is -2.44. The first-order valence-corrected chi connectivity index (χ1v) is 8.36. The summed E-state index contributed by atoms with van der Waals surface area (Å²) in [4.78, 5) is 11.3. The first kappa shape index (κ1) is 23.9. The van der Waals surface area contributed by atoms with Crippen molar-refractivity contribution in [2.24, 2.45) is 0 Å². The lowest BCUT2D eigenvalue weighted by Crippen LogP contribution is -2.53. The highest BCUT2D eigenvalue weighted by atomic mass is 31.2. The smallest absolute Gasteiger partial charge is 0.460 e. The van der Waals surface area contributed by atoms with Crippen LogP contribution in [0.3, 0.4) is 0 Å². The van der Waals surface area contributed by atoms with Gasteiger partial charge in [0.1, 0.15) is 5.31 Å². The van der Waals surface area contributed by atoms with Crippen molar-refractivity contribution in [2.45, 2.75) is 38.8 Å². The summed E-state index contributed by atoms with van der Waals surface area (Å²) in [5.41, 5.74) is 0. The van der Waals surface area contributed by atoms with Crippen LogP contribution in [-0.4, -0.2) is 43.8 Å². The van der Waals surface area contributed by atoms with Gasteiger partial charge in [-0.15, -0.1) is 0 Å². The molecule has 0 N–H and O–H groups in total. The second-order valence-corrected chi connectivity index (χ2v) is 6.25. The van der Waals surface area contributed by atoms with E-state index in [4.69, 9.17) is 0 Å². The highest BCUT2D eigenvalue weighted by Crippen LogP contribution is 2.65. The number of halogens is 7. The zero-order valence-corrected chi connectivity index (χ0v) is 14.2. The molecule has 0 aromatic rings. The Labute approximate surface area is 138 Å². The maximum absolute atomic E-state index is 14.0. The van der Waals surface area contributed by atoms with Crippen LogP contribution in [0.5, 0.6) is 0 Å². The molecule has 0 saturated carbocycles. The molecule has 0 atom stereocenters. The molecule has 0 aromatic heterocycles. The topological polar surface area (TPSA) is 61.8 Å². The molecule has 148 valence electrons. The summed E-state index contributed by atoms with van der Waals surface area (Å²) in [6.07, 6.45) is -7.12. The quantitative estimate of drug-likeness (QED) is 0.245. The molecule has 0 saturated heterocycles. The summed E-state index contributed by atoms with van der Waals surface area (Å²) in [5.74, 6) is -14.5. The number of hydrogen-bond donors (Lipinski definition) is 0. The van der Waals surface area contributed by atoms with E-state index in [0.717, 1.165) is 13.8 Å². The van der Waals surface area contributed by atoms with Crippen LogP contribution in [0.1, 0.15) is 20.8 Å². The molecule has 5 nitrogen and oxygen atoms in total. The first-order valence-electron chi connectivity index (χ1n) is 6.82. The van der Waals surface area contributed by atoms with E-state index in [0.29, 0.717) is 0 Å². The van der Waals surface area contributed by atoms with Gasteiger partial charge in [-0.2, -0.15) is 30.7 Å². The Morgan fingerprint density at radius 2 is 1.36 bits per heavy atom. The molecule has 0 bridgehead atoms. The van der Waals surface area contributed by atoms with Gasteiger partial charge in [-0.25, -0.2) is 4.79 Å². The Balaban J connectivity index is 6.50. The summed E-state index contributed by atoms with van der Waals surface area (Å²) < 4.78 is 117. The zero-order chi connectivity index (χ0) is 20.1. The Morgan fingerprint density at radius 1 is 0.920 bits per heavy atom. The van der Waals surface area contributed by atoms with Gasteiger partial charge >= 0.3 is 31.6 Å². The number of hydrogen-bond acceptors (Lipinski definition) is 5. The van der Waals surface area contributed by atoms with E-state index in [1.54, 1.807) is 0 Å². The standard InChI is InChI=1S/C12H16F7O5P/c1-4-22-9(20)7-8(25(21,23-5-2)24-6-3)10(13,14)11(15,16)12(17,18)19/h7H,4-6H2,1-3H3/b8-7+. The predicted octanol–water partition coefficient (Wildman–Crippen LogP) is 4.53. The monoisotopic (exact) mass is 404 g/mol. The average Bonchev–Trinajstić information content (AvgIpc) is 2.44. The second-order valence-electron chi connectivity index (χ2n) is 4.26. The average molecular weight is 404 g/mol. The summed E-state index contributed by atoms with van der Waals surface area (Å²) in [7, 11) is -5.36. The van der Waals surface area contributed by atoms with Gasteiger partial charge in [0, 0.05) is 6.08 Å². The van der Waals surface area contributed by atoms with Crippen LogP contribution in [0.15, 0.2) is 11.4 Å². The zero-order valence-electron chi connectivity index (χ0n) is 13.3. The van der Waals surface area contributed by atoms with Crippen molar-refractivity contribution in [3.05, 3.63) is 11.4 Å². The van der Waals surface area contributed by atoms with E-state index in [1.807, 2.05) is 0 Å². The van der Waals surface area contributed by atoms with Gasteiger partial charge in [0.15, 0.2) is 0 Å². The Bertz CT molecular complexity index is 534. The molecule has 0 aromatic carbocycles. The lowest BCUT2D eigenvalue weighted by atomic mass is 10.1. The largest absolute Gasteiger partial charge is 0.463 e. The molecule has 0 radical (unpaired) electrons. The minimum absolute atomic E-state index is 0.405. The highest BCUT2D eigenvalue weighted by molar-refractivity contribution is 7.58. The predicted molar refractivity (Wildman–Crippen MR) is 71.5 cm³/mol. The molecule has 0 aliphatic heterocycles. The molecular weight excluding hydrogens is 388 g/mol. The minimum atomic E-state index is -6.70. The van der Waals surface area contributed by atoms with Crippen LogP contribution in [0, 0.1) is 0 Å². The third-order valence-corrected chi connectivity index (χ3v) is 4.70. The van der Waals surface area contributed by atoms with Crippen LogP contribution in [0.4, 0.5) is 30.7 Å². The van der Waals surface area contributed by atoms with Crippen molar-refractivity contribution in [3.8, 4) is 0 Å². The molecular formula is C12H16F7O5P. The summed E-state index contributed by atoms with van der Waals surface area (Å²) in [6, 6.07) is 0. The van der Waals surface area contributed by atoms with Crippen molar-refractivity contribution in [2.75, 3.05) is 19.8 Å². The van der Waals surface area contributed by atoms with Gasteiger partial charge in [0.2, 0.25) is 0 Å². The van der Waals surface area contributed by atoms with Crippen molar-refractivity contribution in [3.63, 3.8) is 0 Å². The summed E-state index contributed by atoms with van der Waals surface area (Å²) >= 11 is 0. The van der Waals surface area contributed by atoms with E-state index in [-0.39, 0.29) is 0 Å². The van der Waals surface area contributed by atoms with Gasteiger partial charge in [-0.3, -0.25) is 4.57 Å². The first-order chi connectivity index (χ1) is 11.2. The molecule has 0 aliphatic carbocycles. The normalized spacial score (nSPS) is 14.6. The van der Waals surface area contributed by atoms with Crippen LogP contribution in [0.25, 0.3) is 0 Å². The molecule has 0 amide bonds. The summed E-state index contributed by atoms with van der Waals surface area (Å²) in [6.45, 7) is 1.76. The van der Waals surface area contributed by atoms with Crippen LogP contribution >= 0.6 is 7.60 Å². The molecule has 0 fully saturated rings. The third kappa shape index (κ3) is 5.18. The maximum Gasteiger partial charge on any atom is 0.460 e. The number of carbonyl (C=O) groups excluding carboxylic acids is 1. The minimum Gasteiger partial charge on any atom is -0.463 e. The highest BCUT2D eigenvalue weighted by Gasteiger charge is 2.76. The number of allylic oxidation sites excluding steroid dienone is 1. The maximum atomic E-state index is 14.0. The van der Waals surface area contributed by atoms with Crippen LogP contribution in [0.2, 0.25) is 0 Å². The van der Waals surface area contributed by atoms with Crippen molar-refractivity contribution in [1.29, 1.82) is 0 Å². The van der Waals surface area contributed by atoms with Crippen LogP contribution < -0.4 is 0 Å². The van der Waals surface area contributed by atoms with Gasteiger partial charge < -0.3 is 13.8 Å². The van der Waals surface area contributed by atoms with Gasteiger partial charge in [-0.05, 0) is 20.8 Å². The molecule has 0 spiro atoms. The van der Waals surface area contributed by atoms with Gasteiger partial charge in [0.05, 0.1) is 19.8 Å². The van der Waals surface area contributed by atoms with E-state index in [1.165, 1.54) is 6.92 Å². The number of esters is 1. The fourth-order valence-corrected chi connectivity index (χ4v) is 3.27. The van der Waals surface area contributed by atoms with Gasteiger partial charge in [0.25, 0.3) is 0 Å². The molecule has 0 aliphatic rings. The molecule has 0 unspecified atom stereocenters. The molecule has 0 rings (SSSR count). The molecule has 25 heavy (non-hydrogen) atoms. The lowest BCUT2D eigenvalue weighted by molar-refractivity contribution is -0.343. The molecule has 0 heterocycles. The van der Waals surface area contributed by atoms with Crippen molar-refractivity contribution < 1.29 is 53.9 Å². The fourth-order valence-electron chi connectivity index (χ4n) is 1.49. The van der Waals surface area contributed by atoms with E-state index < -0.39 is 62.8 Å². The fraction of sp³-hybridized carbons (Fsp3) is 0.750. The number of ether oxygens (including phenoxy) is 1. The number of alkyl halides is 7. The van der Waals surface area contributed by atoms with Gasteiger partial charge in [-0.1, -0.05) is 0 Å². The number of carbonyl (C=O) groups is 1. The molecule has 13 heteroatoms. The van der Waals surface area contributed by atoms with E-state index in [9.17, 15) is 40.1 Å². The van der Waals surface area contributed by atoms with Crippen molar-refractivity contribution in [1.82, 2.24) is 0 Å². The van der Waals surface area contributed by atoms with E-state index >= 15 is 0 Å². The Hall–Kier alpha value is -1.13. The Kier molecular flexibility index (Phi) is 8.12. The Morgan fingerprint density at radius 3 is 1.68 bits per heavy atom. The lowest BCUT2D eigenvalue weighted by Gasteiger charge is -2.32. The SMILES string of the molecule is CCOC(=O)/C=C(\C(F)(F)C(F)(F)C(F)(F)F)P(=O)(OCC)OCC. The van der Waals surface area contributed by atoms with Crippen molar-refractivity contribution >= 4 is 13.6 Å². The third-order valence-electron chi connectivity index (χ3n) is 2.51. The second kappa shape index (κ2) is 8.50. The van der Waals surface area contributed by atoms with E-state index in [2.05, 4.69) is 13.8 Å². The number of rotatable bonds is 9. The van der Waals surface area contributed by atoms with Crippen LogP contribution in [-0.2, 0) is 23.1 Å².